The van der Waals surface area contributed by atoms with E-state index < -0.39 is 23.6 Å². The number of aliphatic hydroxyl groups is 1. The molecular formula is C25H36O7. The van der Waals surface area contributed by atoms with Crippen LogP contribution < -0.4 is 0 Å². The second-order valence-corrected chi connectivity index (χ2v) is 10.2. The molecule has 2 aliphatic carbocycles. The molecule has 178 valence electrons. The number of carboxylic acid groups (broad SMARTS) is 1. The van der Waals surface area contributed by atoms with Gasteiger partial charge < -0.3 is 19.7 Å². The number of ether oxygens (including phenoxy) is 2. The molecule has 0 spiro atoms. The number of hydrogen-bond donors (Lipinski definition) is 2. The van der Waals surface area contributed by atoms with Crippen LogP contribution >= 0.6 is 0 Å². The first-order valence-electron chi connectivity index (χ1n) is 11.7. The van der Waals surface area contributed by atoms with Crippen molar-refractivity contribution in [1.82, 2.24) is 0 Å². The van der Waals surface area contributed by atoms with Gasteiger partial charge in [-0.15, -0.1) is 0 Å². The number of fused-ring (bicyclic) bond motifs is 1. The zero-order chi connectivity index (χ0) is 23.6. The molecule has 1 heterocycles. The van der Waals surface area contributed by atoms with Crippen LogP contribution in [0.2, 0.25) is 0 Å². The molecule has 6 atom stereocenters. The number of carbonyl (C=O) groups is 3. The Morgan fingerprint density at radius 3 is 2.59 bits per heavy atom. The molecule has 3 aliphatic rings. The lowest BCUT2D eigenvalue weighted by atomic mass is 9.65. The smallest absolute Gasteiger partial charge is 0.331 e. The fraction of sp³-hybridized carbons (Fsp3) is 0.720. The Hall–Kier alpha value is -2.15. The molecule has 0 aromatic rings. The van der Waals surface area contributed by atoms with E-state index in [2.05, 4.69) is 13.0 Å². The quantitative estimate of drug-likeness (QED) is 0.570. The molecule has 32 heavy (non-hydrogen) atoms. The van der Waals surface area contributed by atoms with Crippen molar-refractivity contribution in [3.8, 4) is 0 Å². The average Bonchev–Trinajstić information content (AvgIpc) is 2.72. The van der Waals surface area contributed by atoms with Gasteiger partial charge in [-0.2, -0.15) is 0 Å². The average molecular weight is 449 g/mol. The number of aliphatic carboxylic acids is 1. The van der Waals surface area contributed by atoms with Gasteiger partial charge in [0.1, 0.15) is 12.2 Å². The molecule has 1 aliphatic heterocycles. The van der Waals surface area contributed by atoms with Crippen molar-refractivity contribution < 1.29 is 34.1 Å². The van der Waals surface area contributed by atoms with Gasteiger partial charge in [-0.1, -0.05) is 19.9 Å². The van der Waals surface area contributed by atoms with Gasteiger partial charge in [0.05, 0.1) is 17.9 Å². The molecule has 1 saturated heterocycles. The third kappa shape index (κ3) is 5.42. The standard InChI is InChI=1S/C25H36O7/c1-5-25(3,4)24(30)32-20-11-16(23(28)29)10-15-7-6-14(2)19(22(15)20)9-8-18-12-17(26)13-21(27)31-18/h7,10,14,17-20,22,26H,5-6,8-9,11-13H2,1-4H3,(H,28,29). The minimum Gasteiger partial charge on any atom is -0.478 e. The van der Waals surface area contributed by atoms with Gasteiger partial charge in [0.25, 0.3) is 0 Å². The lowest BCUT2D eigenvalue weighted by Crippen LogP contribution is -2.43. The number of allylic oxidation sites excluding steroid dienone is 2. The third-order valence-corrected chi connectivity index (χ3v) is 7.49. The van der Waals surface area contributed by atoms with Crippen LogP contribution in [0.25, 0.3) is 0 Å². The lowest BCUT2D eigenvalue weighted by molar-refractivity contribution is -0.165. The van der Waals surface area contributed by atoms with E-state index in [9.17, 15) is 24.6 Å². The van der Waals surface area contributed by atoms with Crippen molar-refractivity contribution in [1.29, 1.82) is 0 Å². The Morgan fingerprint density at radius 2 is 1.97 bits per heavy atom. The van der Waals surface area contributed by atoms with E-state index >= 15 is 0 Å². The highest BCUT2D eigenvalue weighted by Gasteiger charge is 2.44. The van der Waals surface area contributed by atoms with Gasteiger partial charge in [0, 0.05) is 24.3 Å². The first kappa shape index (κ1) is 24.5. The van der Waals surface area contributed by atoms with E-state index in [1.807, 2.05) is 20.8 Å². The van der Waals surface area contributed by atoms with Crippen LogP contribution in [0.3, 0.4) is 0 Å². The van der Waals surface area contributed by atoms with Gasteiger partial charge in [-0.3, -0.25) is 9.59 Å². The molecule has 0 saturated carbocycles. The largest absolute Gasteiger partial charge is 0.478 e. The summed E-state index contributed by atoms with van der Waals surface area (Å²) >= 11 is 0. The predicted molar refractivity (Wildman–Crippen MR) is 117 cm³/mol. The lowest BCUT2D eigenvalue weighted by Gasteiger charge is -2.43. The second-order valence-electron chi connectivity index (χ2n) is 10.2. The summed E-state index contributed by atoms with van der Waals surface area (Å²) in [5, 5.41) is 19.5. The van der Waals surface area contributed by atoms with Crippen molar-refractivity contribution in [3.63, 3.8) is 0 Å². The van der Waals surface area contributed by atoms with E-state index in [1.165, 1.54) is 0 Å². The zero-order valence-corrected chi connectivity index (χ0v) is 19.5. The van der Waals surface area contributed by atoms with Crippen LogP contribution in [0.5, 0.6) is 0 Å². The maximum Gasteiger partial charge on any atom is 0.331 e. The monoisotopic (exact) mass is 448 g/mol. The number of cyclic esters (lactones) is 1. The summed E-state index contributed by atoms with van der Waals surface area (Å²) in [5.74, 6) is -1.29. The first-order chi connectivity index (χ1) is 15.0. The van der Waals surface area contributed by atoms with E-state index in [0.29, 0.717) is 25.2 Å². The normalized spacial score (nSPS) is 32.8. The fourth-order valence-electron chi connectivity index (χ4n) is 5.07. The minimum atomic E-state index is -0.988. The summed E-state index contributed by atoms with van der Waals surface area (Å²) in [4.78, 5) is 36.3. The number of hydrogen-bond acceptors (Lipinski definition) is 6. The molecule has 0 aromatic carbocycles. The van der Waals surface area contributed by atoms with Crippen molar-refractivity contribution in [3.05, 3.63) is 23.3 Å². The highest BCUT2D eigenvalue weighted by Crippen LogP contribution is 2.46. The van der Waals surface area contributed by atoms with E-state index in [1.54, 1.807) is 6.08 Å². The molecule has 3 rings (SSSR count). The van der Waals surface area contributed by atoms with Crippen molar-refractivity contribution in [2.24, 2.45) is 23.2 Å². The number of rotatable bonds is 7. The Morgan fingerprint density at radius 1 is 1.25 bits per heavy atom. The van der Waals surface area contributed by atoms with E-state index in [-0.39, 0.29) is 48.3 Å². The molecule has 2 N–H and O–H groups in total. The topological polar surface area (TPSA) is 110 Å². The molecule has 0 amide bonds. The van der Waals surface area contributed by atoms with Gasteiger partial charge in [-0.25, -0.2) is 4.79 Å². The fourth-order valence-corrected chi connectivity index (χ4v) is 5.07. The summed E-state index contributed by atoms with van der Waals surface area (Å²) in [5.41, 5.74) is 0.540. The molecule has 6 unspecified atom stereocenters. The Labute approximate surface area is 189 Å². The Balaban J connectivity index is 1.83. The zero-order valence-electron chi connectivity index (χ0n) is 19.5. The number of aliphatic hydroxyl groups excluding tert-OH is 1. The Bertz CT molecular complexity index is 809. The van der Waals surface area contributed by atoms with Crippen molar-refractivity contribution in [2.75, 3.05) is 0 Å². The van der Waals surface area contributed by atoms with Crippen LogP contribution in [-0.4, -0.2) is 46.4 Å². The number of esters is 2. The van der Waals surface area contributed by atoms with Crippen molar-refractivity contribution in [2.45, 2.75) is 91.0 Å². The van der Waals surface area contributed by atoms with Crippen LogP contribution in [-0.2, 0) is 23.9 Å². The third-order valence-electron chi connectivity index (χ3n) is 7.49. The van der Waals surface area contributed by atoms with Gasteiger partial charge in [-0.05, 0) is 63.0 Å². The summed E-state index contributed by atoms with van der Waals surface area (Å²) in [6.07, 6.45) is 5.76. The first-order valence-corrected chi connectivity index (χ1v) is 11.7. The van der Waals surface area contributed by atoms with Crippen LogP contribution in [0, 0.1) is 23.2 Å². The number of carboxylic acids is 1. The summed E-state index contributed by atoms with van der Waals surface area (Å²) in [7, 11) is 0. The molecule has 1 fully saturated rings. The number of carbonyl (C=O) groups excluding carboxylic acids is 2. The second kappa shape index (κ2) is 9.77. The molecule has 0 aromatic heterocycles. The predicted octanol–water partition coefficient (Wildman–Crippen LogP) is 3.79. The van der Waals surface area contributed by atoms with E-state index in [0.717, 1.165) is 18.4 Å². The molecule has 7 heteroatoms. The SMILES string of the molecule is CCC(C)(C)C(=O)OC1CC(C(=O)O)=CC2=CCC(C)C(CCC3CC(O)CC(=O)O3)C21. The molecular weight excluding hydrogens is 412 g/mol. The van der Waals surface area contributed by atoms with Crippen LogP contribution in [0.1, 0.15) is 72.6 Å². The summed E-state index contributed by atoms with van der Waals surface area (Å²) in [6, 6.07) is 0. The van der Waals surface area contributed by atoms with Crippen LogP contribution in [0.15, 0.2) is 23.3 Å². The molecule has 0 bridgehead atoms. The minimum absolute atomic E-state index is 0.0415. The maximum atomic E-state index is 12.9. The Kier molecular flexibility index (Phi) is 7.48. The highest BCUT2D eigenvalue weighted by molar-refractivity contribution is 5.88. The van der Waals surface area contributed by atoms with Gasteiger partial charge >= 0.3 is 17.9 Å². The van der Waals surface area contributed by atoms with Crippen molar-refractivity contribution >= 4 is 17.9 Å². The van der Waals surface area contributed by atoms with Gasteiger partial charge in [0.15, 0.2) is 0 Å². The van der Waals surface area contributed by atoms with E-state index in [4.69, 9.17) is 9.47 Å². The maximum absolute atomic E-state index is 12.9. The van der Waals surface area contributed by atoms with Crippen LogP contribution in [0.4, 0.5) is 0 Å². The molecule has 7 nitrogen and oxygen atoms in total. The van der Waals surface area contributed by atoms with Gasteiger partial charge in [0.2, 0.25) is 0 Å². The summed E-state index contributed by atoms with van der Waals surface area (Å²) < 4.78 is 11.4. The molecule has 0 radical (unpaired) electrons. The highest BCUT2D eigenvalue weighted by atomic mass is 16.6. The summed E-state index contributed by atoms with van der Waals surface area (Å²) in [6.45, 7) is 7.77.